The van der Waals surface area contributed by atoms with Crippen LogP contribution in [0, 0.1) is 13.8 Å². The number of anilines is 1. The van der Waals surface area contributed by atoms with Crippen molar-refractivity contribution in [3.8, 4) is 11.1 Å². The minimum Gasteiger partial charge on any atom is -0.346 e. The first-order valence-electron chi connectivity index (χ1n) is 8.63. The number of carbonyl (C=O) groups is 1. The molecule has 0 aliphatic heterocycles. The van der Waals surface area contributed by atoms with Gasteiger partial charge in [0.25, 0.3) is 5.91 Å². The van der Waals surface area contributed by atoms with Crippen molar-refractivity contribution in [2.24, 2.45) is 0 Å². The van der Waals surface area contributed by atoms with E-state index in [-0.39, 0.29) is 5.91 Å². The largest absolute Gasteiger partial charge is 0.346 e. The Hall–Kier alpha value is -2.81. The summed E-state index contributed by atoms with van der Waals surface area (Å²) >= 11 is 0. The first-order chi connectivity index (χ1) is 12.0. The lowest BCUT2D eigenvalue weighted by Crippen LogP contribution is -2.14. The first-order valence-corrected chi connectivity index (χ1v) is 8.63. The number of hydrogen-bond acceptors (Lipinski definition) is 1. The molecule has 1 amide bonds. The summed E-state index contributed by atoms with van der Waals surface area (Å²) in [4.78, 5) is 12.9. The SMILES string of the molecule is Cc1cc(C(=O)Nc2ccccc2-c2ccccc2)c(C)n1C(C)C. The molecule has 0 aliphatic rings. The molecule has 0 spiro atoms. The van der Waals surface area contributed by atoms with E-state index < -0.39 is 0 Å². The van der Waals surface area contributed by atoms with E-state index >= 15 is 0 Å². The normalized spacial score (nSPS) is 10.9. The van der Waals surface area contributed by atoms with E-state index in [1.807, 2.05) is 62.4 Å². The molecule has 0 bridgehead atoms. The highest BCUT2D eigenvalue weighted by Crippen LogP contribution is 2.28. The lowest BCUT2D eigenvalue weighted by atomic mass is 10.0. The molecule has 1 heterocycles. The summed E-state index contributed by atoms with van der Waals surface area (Å²) in [5.41, 5.74) is 5.78. The third-order valence-electron chi connectivity index (χ3n) is 4.51. The lowest BCUT2D eigenvalue weighted by Gasteiger charge is -2.14. The molecule has 3 rings (SSSR count). The molecule has 2 aromatic carbocycles. The maximum Gasteiger partial charge on any atom is 0.257 e. The Bertz CT molecular complexity index is 892. The Morgan fingerprint density at radius 2 is 1.60 bits per heavy atom. The molecule has 1 aromatic heterocycles. The molecule has 0 saturated heterocycles. The van der Waals surface area contributed by atoms with Gasteiger partial charge in [-0.15, -0.1) is 0 Å². The summed E-state index contributed by atoms with van der Waals surface area (Å²) in [7, 11) is 0. The zero-order chi connectivity index (χ0) is 18.0. The highest BCUT2D eigenvalue weighted by atomic mass is 16.1. The molecule has 3 heteroatoms. The van der Waals surface area contributed by atoms with Gasteiger partial charge in [-0.2, -0.15) is 0 Å². The molecule has 25 heavy (non-hydrogen) atoms. The van der Waals surface area contributed by atoms with Crippen molar-refractivity contribution in [1.82, 2.24) is 4.57 Å². The Morgan fingerprint density at radius 3 is 2.24 bits per heavy atom. The maximum atomic E-state index is 12.9. The van der Waals surface area contributed by atoms with Crippen molar-refractivity contribution >= 4 is 11.6 Å². The molecule has 3 nitrogen and oxygen atoms in total. The van der Waals surface area contributed by atoms with E-state index in [1.165, 1.54) is 0 Å². The van der Waals surface area contributed by atoms with Gasteiger partial charge in [0.15, 0.2) is 0 Å². The van der Waals surface area contributed by atoms with Crippen LogP contribution < -0.4 is 5.32 Å². The van der Waals surface area contributed by atoms with Gasteiger partial charge in [-0.25, -0.2) is 0 Å². The predicted octanol–water partition coefficient (Wildman–Crippen LogP) is 5.61. The van der Waals surface area contributed by atoms with Gasteiger partial charge in [-0.3, -0.25) is 4.79 Å². The number of benzene rings is 2. The fourth-order valence-corrected chi connectivity index (χ4v) is 3.45. The van der Waals surface area contributed by atoms with E-state index in [2.05, 4.69) is 35.9 Å². The van der Waals surface area contributed by atoms with Crippen molar-refractivity contribution in [1.29, 1.82) is 0 Å². The average Bonchev–Trinajstić information content (AvgIpc) is 2.91. The topological polar surface area (TPSA) is 34.0 Å². The molecular formula is C22H24N2O. The fourth-order valence-electron chi connectivity index (χ4n) is 3.45. The van der Waals surface area contributed by atoms with Crippen LogP contribution in [0.5, 0.6) is 0 Å². The molecule has 0 radical (unpaired) electrons. The second kappa shape index (κ2) is 6.98. The molecule has 0 fully saturated rings. The van der Waals surface area contributed by atoms with Gasteiger partial charge in [-0.1, -0.05) is 48.5 Å². The molecule has 128 valence electrons. The number of aromatic nitrogens is 1. The number of rotatable bonds is 4. The van der Waals surface area contributed by atoms with Gasteiger partial charge in [0.1, 0.15) is 0 Å². The summed E-state index contributed by atoms with van der Waals surface area (Å²) < 4.78 is 2.19. The standard InChI is InChI=1S/C22H24N2O/c1-15(2)24-16(3)14-20(17(24)4)22(25)23-21-13-9-8-12-19(21)18-10-6-5-7-11-18/h5-15H,1-4H3,(H,23,25). The van der Waals surface area contributed by atoms with Gasteiger partial charge in [0, 0.05) is 28.7 Å². The minimum absolute atomic E-state index is 0.0663. The molecule has 0 unspecified atom stereocenters. The van der Waals surface area contributed by atoms with Crippen LogP contribution >= 0.6 is 0 Å². The Kier molecular flexibility index (Phi) is 4.75. The molecule has 0 atom stereocenters. The number of para-hydroxylation sites is 1. The minimum atomic E-state index is -0.0663. The Labute approximate surface area is 149 Å². The quantitative estimate of drug-likeness (QED) is 0.662. The van der Waals surface area contributed by atoms with Crippen molar-refractivity contribution in [3.05, 3.63) is 77.6 Å². The molecule has 3 aromatic rings. The Morgan fingerprint density at radius 1 is 0.960 bits per heavy atom. The van der Waals surface area contributed by atoms with Crippen molar-refractivity contribution in [2.75, 3.05) is 5.32 Å². The summed E-state index contributed by atoms with van der Waals surface area (Å²) in [6, 6.07) is 20.3. The summed E-state index contributed by atoms with van der Waals surface area (Å²) in [6.07, 6.45) is 0. The van der Waals surface area contributed by atoms with E-state index in [9.17, 15) is 4.79 Å². The Balaban J connectivity index is 1.94. The highest BCUT2D eigenvalue weighted by Gasteiger charge is 2.18. The monoisotopic (exact) mass is 332 g/mol. The van der Waals surface area contributed by atoms with E-state index in [4.69, 9.17) is 0 Å². The van der Waals surface area contributed by atoms with Gasteiger partial charge in [-0.05, 0) is 45.4 Å². The van der Waals surface area contributed by atoms with Gasteiger partial charge >= 0.3 is 0 Å². The van der Waals surface area contributed by atoms with Crippen molar-refractivity contribution < 1.29 is 4.79 Å². The van der Waals surface area contributed by atoms with Gasteiger partial charge in [0.2, 0.25) is 0 Å². The van der Waals surface area contributed by atoms with E-state index in [0.29, 0.717) is 6.04 Å². The van der Waals surface area contributed by atoms with Crippen LogP contribution in [-0.4, -0.2) is 10.5 Å². The van der Waals surface area contributed by atoms with Crippen LogP contribution in [0.15, 0.2) is 60.7 Å². The number of hydrogen-bond donors (Lipinski definition) is 1. The average molecular weight is 332 g/mol. The maximum absolute atomic E-state index is 12.9. The third-order valence-corrected chi connectivity index (χ3v) is 4.51. The number of carbonyl (C=O) groups excluding carboxylic acids is 1. The zero-order valence-electron chi connectivity index (χ0n) is 15.2. The van der Waals surface area contributed by atoms with E-state index in [1.54, 1.807) is 0 Å². The summed E-state index contributed by atoms with van der Waals surface area (Å²) in [5, 5.41) is 3.09. The van der Waals surface area contributed by atoms with Crippen molar-refractivity contribution in [3.63, 3.8) is 0 Å². The number of amides is 1. The fraction of sp³-hybridized carbons (Fsp3) is 0.227. The molecule has 0 aliphatic carbocycles. The van der Waals surface area contributed by atoms with Crippen LogP contribution in [0.2, 0.25) is 0 Å². The zero-order valence-corrected chi connectivity index (χ0v) is 15.2. The van der Waals surface area contributed by atoms with Crippen LogP contribution in [0.1, 0.15) is 41.6 Å². The van der Waals surface area contributed by atoms with E-state index in [0.717, 1.165) is 33.8 Å². The third kappa shape index (κ3) is 3.36. The second-order valence-corrected chi connectivity index (χ2v) is 6.61. The first kappa shape index (κ1) is 17.0. The lowest BCUT2D eigenvalue weighted by molar-refractivity contribution is 0.102. The smallest absolute Gasteiger partial charge is 0.257 e. The summed E-state index contributed by atoms with van der Waals surface area (Å²) in [5.74, 6) is -0.0663. The van der Waals surface area contributed by atoms with Gasteiger partial charge < -0.3 is 9.88 Å². The van der Waals surface area contributed by atoms with Crippen LogP contribution in [0.3, 0.4) is 0 Å². The number of nitrogens with one attached hydrogen (secondary N) is 1. The van der Waals surface area contributed by atoms with Crippen LogP contribution in [0.4, 0.5) is 5.69 Å². The number of nitrogens with zero attached hydrogens (tertiary/aromatic N) is 1. The molecular weight excluding hydrogens is 308 g/mol. The van der Waals surface area contributed by atoms with Crippen molar-refractivity contribution in [2.45, 2.75) is 33.7 Å². The highest BCUT2D eigenvalue weighted by molar-refractivity contribution is 6.07. The number of aryl methyl sites for hydroxylation is 1. The van der Waals surface area contributed by atoms with Crippen LogP contribution in [-0.2, 0) is 0 Å². The second-order valence-electron chi connectivity index (χ2n) is 6.61. The predicted molar refractivity (Wildman–Crippen MR) is 104 cm³/mol. The summed E-state index contributed by atoms with van der Waals surface area (Å²) in [6.45, 7) is 8.31. The van der Waals surface area contributed by atoms with Crippen LogP contribution in [0.25, 0.3) is 11.1 Å². The molecule has 1 N–H and O–H groups in total. The molecule has 0 saturated carbocycles. The van der Waals surface area contributed by atoms with Gasteiger partial charge in [0.05, 0.1) is 5.56 Å².